The molecule has 1 aliphatic heterocycles. The number of anilines is 1. The summed E-state index contributed by atoms with van der Waals surface area (Å²) in [7, 11) is 0. The van der Waals surface area contributed by atoms with Crippen molar-refractivity contribution in [2.45, 2.75) is 13.5 Å². The van der Waals surface area contributed by atoms with Crippen molar-refractivity contribution < 1.29 is 9.72 Å². The van der Waals surface area contributed by atoms with E-state index in [1.807, 2.05) is 17.5 Å². The average Bonchev–Trinajstić information content (AvgIpc) is 3.18. The summed E-state index contributed by atoms with van der Waals surface area (Å²) in [5.41, 5.74) is 1.12. The van der Waals surface area contributed by atoms with Gasteiger partial charge >= 0.3 is 0 Å². The molecule has 1 aromatic heterocycles. The maximum absolute atomic E-state index is 12.5. The predicted octanol–water partition coefficient (Wildman–Crippen LogP) is 3.27. The minimum absolute atomic E-state index is 0.0276. The molecule has 0 aliphatic carbocycles. The number of benzene rings is 1. The van der Waals surface area contributed by atoms with E-state index in [1.165, 1.54) is 29.3 Å². The maximum atomic E-state index is 12.5. The van der Waals surface area contributed by atoms with Crippen molar-refractivity contribution in [2.75, 3.05) is 5.01 Å². The van der Waals surface area contributed by atoms with Crippen LogP contribution in [0, 0.1) is 16.0 Å². The number of thiophene rings is 1. The van der Waals surface area contributed by atoms with Gasteiger partial charge in [-0.1, -0.05) is 6.07 Å². The Morgan fingerprint density at radius 1 is 1.38 bits per heavy atom. The van der Waals surface area contributed by atoms with Crippen LogP contribution in [0.3, 0.4) is 0 Å². The lowest BCUT2D eigenvalue weighted by Gasteiger charge is -2.12. The number of non-ortho nitro benzene ring substituents is 1. The molecule has 24 heavy (non-hydrogen) atoms. The lowest BCUT2D eigenvalue weighted by molar-refractivity contribution is -0.384. The largest absolute Gasteiger partial charge is 0.291 e. The number of carbonyl (C=O) groups is 1. The maximum Gasteiger partial charge on any atom is 0.269 e. The molecule has 0 saturated heterocycles. The minimum Gasteiger partial charge on any atom is -0.291 e. The normalized spacial score (nSPS) is 17.5. The number of hydrazone groups is 1. The van der Waals surface area contributed by atoms with Crippen LogP contribution >= 0.6 is 11.3 Å². The van der Waals surface area contributed by atoms with Crippen LogP contribution in [0.2, 0.25) is 0 Å². The molecule has 3 rings (SSSR count). The summed E-state index contributed by atoms with van der Waals surface area (Å²) in [5.74, 6) is -0.712. The summed E-state index contributed by atoms with van der Waals surface area (Å²) < 4.78 is 0. The number of nitrogens with zero attached hydrogens (tertiary/aromatic N) is 4. The molecule has 0 unspecified atom stereocenters. The quantitative estimate of drug-likeness (QED) is 0.474. The SMILES string of the molecule is CC1=NN(c2ccc([N+](=O)[O-])cc2)C(=O)[C@H]1C=NCc1cccs1. The summed E-state index contributed by atoms with van der Waals surface area (Å²) >= 11 is 1.61. The number of carbonyl (C=O) groups excluding carboxylic acids is 1. The molecule has 2 aromatic rings. The van der Waals surface area contributed by atoms with E-state index in [2.05, 4.69) is 10.1 Å². The zero-order valence-corrected chi connectivity index (χ0v) is 13.6. The zero-order valence-electron chi connectivity index (χ0n) is 12.8. The number of hydrogen-bond donors (Lipinski definition) is 0. The molecule has 1 aromatic carbocycles. The zero-order chi connectivity index (χ0) is 17.1. The minimum atomic E-state index is -0.500. The highest BCUT2D eigenvalue weighted by atomic mass is 32.1. The average molecular weight is 342 g/mol. The summed E-state index contributed by atoms with van der Waals surface area (Å²) in [5, 5.41) is 18.2. The van der Waals surface area contributed by atoms with Gasteiger partial charge in [-0.05, 0) is 30.5 Å². The number of nitro groups is 1. The van der Waals surface area contributed by atoms with Gasteiger partial charge in [-0.3, -0.25) is 19.9 Å². The summed E-state index contributed by atoms with van der Waals surface area (Å²) in [6, 6.07) is 9.68. The second-order valence-electron chi connectivity index (χ2n) is 5.21. The summed E-state index contributed by atoms with van der Waals surface area (Å²) in [6.45, 7) is 2.30. The van der Waals surface area contributed by atoms with Crippen LogP contribution in [0.25, 0.3) is 0 Å². The Morgan fingerprint density at radius 2 is 2.12 bits per heavy atom. The van der Waals surface area contributed by atoms with Crippen LogP contribution in [-0.2, 0) is 11.3 Å². The highest BCUT2D eigenvalue weighted by Crippen LogP contribution is 2.25. The van der Waals surface area contributed by atoms with Gasteiger partial charge < -0.3 is 0 Å². The molecule has 1 aliphatic rings. The van der Waals surface area contributed by atoms with E-state index in [1.54, 1.807) is 24.5 Å². The highest BCUT2D eigenvalue weighted by Gasteiger charge is 2.33. The van der Waals surface area contributed by atoms with Crippen LogP contribution in [0.5, 0.6) is 0 Å². The van der Waals surface area contributed by atoms with Gasteiger partial charge in [0.05, 0.1) is 22.9 Å². The smallest absolute Gasteiger partial charge is 0.269 e. The highest BCUT2D eigenvalue weighted by molar-refractivity contribution is 7.09. The van der Waals surface area contributed by atoms with E-state index in [0.29, 0.717) is 17.9 Å². The van der Waals surface area contributed by atoms with E-state index < -0.39 is 10.8 Å². The molecular weight excluding hydrogens is 328 g/mol. The molecule has 1 atom stereocenters. The van der Waals surface area contributed by atoms with Gasteiger partial charge in [0.15, 0.2) is 0 Å². The van der Waals surface area contributed by atoms with Crippen LogP contribution in [0.4, 0.5) is 11.4 Å². The molecule has 1 amide bonds. The predicted molar refractivity (Wildman–Crippen MR) is 93.7 cm³/mol. The number of amides is 1. The van der Waals surface area contributed by atoms with Crippen LogP contribution in [-0.4, -0.2) is 22.8 Å². The van der Waals surface area contributed by atoms with Gasteiger partial charge in [0, 0.05) is 23.2 Å². The number of hydrogen-bond acceptors (Lipinski definition) is 6. The Kier molecular flexibility index (Phi) is 4.48. The first-order valence-corrected chi connectivity index (χ1v) is 8.10. The topological polar surface area (TPSA) is 88.2 Å². The Labute approximate surface area is 142 Å². The molecular formula is C16H14N4O3S. The van der Waals surface area contributed by atoms with E-state index in [9.17, 15) is 14.9 Å². The lowest BCUT2D eigenvalue weighted by Crippen LogP contribution is -2.27. The molecule has 2 heterocycles. The lowest BCUT2D eigenvalue weighted by atomic mass is 10.1. The molecule has 0 fully saturated rings. The first kappa shape index (κ1) is 16.0. The van der Waals surface area contributed by atoms with Crippen LogP contribution < -0.4 is 5.01 Å². The van der Waals surface area contributed by atoms with Gasteiger partial charge in [0.1, 0.15) is 5.92 Å². The number of nitro benzene ring substituents is 1. The van der Waals surface area contributed by atoms with Crippen molar-refractivity contribution in [2.24, 2.45) is 16.0 Å². The van der Waals surface area contributed by atoms with Crippen molar-refractivity contribution >= 4 is 40.5 Å². The molecule has 0 radical (unpaired) electrons. The monoisotopic (exact) mass is 342 g/mol. The first-order chi connectivity index (χ1) is 11.6. The molecule has 0 N–H and O–H groups in total. The Morgan fingerprint density at radius 3 is 2.75 bits per heavy atom. The van der Waals surface area contributed by atoms with Crippen molar-refractivity contribution in [1.82, 2.24) is 0 Å². The number of aliphatic imine (C=N–C) groups is 1. The van der Waals surface area contributed by atoms with Crippen molar-refractivity contribution in [3.63, 3.8) is 0 Å². The summed E-state index contributed by atoms with van der Waals surface area (Å²) in [4.78, 5) is 28.2. The van der Waals surface area contributed by atoms with E-state index in [-0.39, 0.29) is 11.6 Å². The van der Waals surface area contributed by atoms with Gasteiger partial charge in [0.2, 0.25) is 0 Å². The van der Waals surface area contributed by atoms with Crippen molar-refractivity contribution in [3.8, 4) is 0 Å². The molecule has 0 spiro atoms. The Hall–Kier alpha value is -2.87. The van der Waals surface area contributed by atoms with E-state index in [0.717, 1.165) is 4.88 Å². The molecule has 0 saturated carbocycles. The third kappa shape index (κ3) is 3.23. The fourth-order valence-electron chi connectivity index (χ4n) is 2.30. The van der Waals surface area contributed by atoms with E-state index in [4.69, 9.17) is 0 Å². The van der Waals surface area contributed by atoms with Crippen molar-refractivity contribution in [1.29, 1.82) is 0 Å². The third-order valence-corrected chi connectivity index (χ3v) is 4.43. The van der Waals surface area contributed by atoms with Crippen LogP contribution in [0.15, 0.2) is 51.9 Å². The second kappa shape index (κ2) is 6.71. The fraction of sp³-hybridized carbons (Fsp3) is 0.188. The van der Waals surface area contributed by atoms with Gasteiger partial charge in [0.25, 0.3) is 11.6 Å². The van der Waals surface area contributed by atoms with Crippen LogP contribution in [0.1, 0.15) is 11.8 Å². The van der Waals surface area contributed by atoms with Crippen molar-refractivity contribution in [3.05, 3.63) is 56.8 Å². The fourth-order valence-corrected chi connectivity index (χ4v) is 2.94. The molecule has 8 heteroatoms. The Bertz CT molecular complexity index is 812. The standard InChI is InChI=1S/C16H14N4O3S/c1-11-15(10-17-9-14-3-2-8-24-14)16(21)19(18-11)12-4-6-13(7-5-12)20(22)23/h2-8,10,15H,9H2,1H3/t15-/m0/s1. The molecule has 122 valence electrons. The first-order valence-electron chi connectivity index (χ1n) is 7.22. The third-order valence-electron chi connectivity index (χ3n) is 3.57. The second-order valence-corrected chi connectivity index (χ2v) is 6.24. The molecule has 0 bridgehead atoms. The van der Waals surface area contributed by atoms with E-state index >= 15 is 0 Å². The summed E-state index contributed by atoms with van der Waals surface area (Å²) in [6.07, 6.45) is 1.62. The van der Waals surface area contributed by atoms with Gasteiger partial charge in [-0.25, -0.2) is 0 Å². The van der Waals surface area contributed by atoms with Gasteiger partial charge in [-0.2, -0.15) is 10.1 Å². The molecule has 7 nitrogen and oxygen atoms in total. The van der Waals surface area contributed by atoms with Gasteiger partial charge in [-0.15, -0.1) is 11.3 Å². The number of rotatable bonds is 5. The Balaban J connectivity index is 1.72.